The highest BCUT2D eigenvalue weighted by Crippen LogP contribution is 2.37. The molecule has 1 aromatic carbocycles. The van der Waals surface area contributed by atoms with Gasteiger partial charge < -0.3 is 4.74 Å². The molecule has 4 nitrogen and oxygen atoms in total. The maximum absolute atomic E-state index is 5.99. The van der Waals surface area contributed by atoms with Crippen molar-refractivity contribution in [2.75, 3.05) is 6.61 Å². The number of benzene rings is 1. The van der Waals surface area contributed by atoms with E-state index in [9.17, 15) is 0 Å². The summed E-state index contributed by atoms with van der Waals surface area (Å²) in [6, 6.07) is 6.20. The fourth-order valence-corrected chi connectivity index (χ4v) is 4.09. The van der Waals surface area contributed by atoms with Crippen LogP contribution in [0, 0.1) is 0 Å². The fraction of sp³-hybridized carbons (Fsp3) is 0.333. The van der Waals surface area contributed by atoms with Gasteiger partial charge in [0, 0.05) is 22.7 Å². The summed E-state index contributed by atoms with van der Waals surface area (Å²) in [7, 11) is 0. The van der Waals surface area contributed by atoms with Crippen LogP contribution in [-0.4, -0.2) is 21.4 Å². The maximum Gasteiger partial charge on any atom is 0.184 e. The number of ether oxygens (including phenoxy) is 1. The van der Waals surface area contributed by atoms with E-state index in [0.717, 1.165) is 45.4 Å². The van der Waals surface area contributed by atoms with Crippen molar-refractivity contribution < 1.29 is 4.74 Å². The first kappa shape index (κ1) is 14.6. The second kappa shape index (κ2) is 5.92. The summed E-state index contributed by atoms with van der Waals surface area (Å²) >= 11 is 11.0. The van der Waals surface area contributed by atoms with E-state index >= 15 is 0 Å². The number of thiazole rings is 1. The van der Waals surface area contributed by atoms with Crippen LogP contribution in [0.15, 0.2) is 28.9 Å². The van der Waals surface area contributed by atoms with Crippen LogP contribution in [0.1, 0.15) is 25.5 Å². The summed E-state index contributed by atoms with van der Waals surface area (Å²) in [5, 5.41) is 5.91. The van der Waals surface area contributed by atoms with Gasteiger partial charge in [-0.1, -0.05) is 27.5 Å². The standard InChI is InChI=1S/C15H13BrClN3OS/c16-9-4-5-11-10(7-9)14(12-8-18-15(17)22-12)19-20(11)13-3-1-2-6-21-13/h4-5,7-8,13H,1-3,6H2. The van der Waals surface area contributed by atoms with Gasteiger partial charge in [0.15, 0.2) is 10.7 Å². The molecule has 0 saturated carbocycles. The lowest BCUT2D eigenvalue weighted by atomic mass is 10.1. The van der Waals surface area contributed by atoms with Crippen molar-refractivity contribution >= 4 is 49.8 Å². The first-order valence-corrected chi connectivity index (χ1v) is 9.12. The van der Waals surface area contributed by atoms with Gasteiger partial charge in [-0.2, -0.15) is 5.10 Å². The molecule has 4 rings (SSSR count). The van der Waals surface area contributed by atoms with E-state index in [1.807, 2.05) is 10.7 Å². The Kier molecular flexibility index (Phi) is 3.94. The van der Waals surface area contributed by atoms with Crippen LogP contribution >= 0.6 is 38.9 Å². The third kappa shape index (κ3) is 2.58. The third-order valence-corrected chi connectivity index (χ3v) is 5.42. The van der Waals surface area contributed by atoms with Gasteiger partial charge >= 0.3 is 0 Å². The number of hydrogen-bond acceptors (Lipinski definition) is 4. The molecule has 114 valence electrons. The number of hydrogen-bond donors (Lipinski definition) is 0. The minimum atomic E-state index is 0.00886. The molecule has 7 heteroatoms. The van der Waals surface area contributed by atoms with Crippen molar-refractivity contribution in [1.82, 2.24) is 14.8 Å². The molecule has 0 aliphatic carbocycles. The second-order valence-corrected chi connectivity index (χ2v) is 7.78. The Labute approximate surface area is 145 Å². The number of aromatic nitrogens is 3. The van der Waals surface area contributed by atoms with Crippen molar-refractivity contribution in [3.8, 4) is 10.6 Å². The van der Waals surface area contributed by atoms with Crippen LogP contribution in [-0.2, 0) is 4.74 Å². The molecule has 2 aromatic heterocycles. The van der Waals surface area contributed by atoms with Gasteiger partial charge in [0.05, 0.1) is 10.4 Å². The number of halogens is 2. The maximum atomic E-state index is 5.99. The van der Waals surface area contributed by atoms with Crippen LogP contribution in [0.5, 0.6) is 0 Å². The lowest BCUT2D eigenvalue weighted by Gasteiger charge is -2.23. The van der Waals surface area contributed by atoms with Gasteiger partial charge in [-0.25, -0.2) is 9.67 Å². The minimum Gasteiger partial charge on any atom is -0.356 e. The highest BCUT2D eigenvalue weighted by atomic mass is 79.9. The van der Waals surface area contributed by atoms with Gasteiger partial charge in [-0.15, -0.1) is 11.3 Å². The zero-order valence-electron chi connectivity index (χ0n) is 11.6. The first-order chi connectivity index (χ1) is 10.7. The Bertz CT molecular complexity index is 825. The Balaban J connectivity index is 1.90. The fourth-order valence-electron chi connectivity index (χ4n) is 2.79. The van der Waals surface area contributed by atoms with Gasteiger partial charge in [-0.3, -0.25) is 0 Å². The predicted molar refractivity (Wildman–Crippen MR) is 92.4 cm³/mol. The average molecular weight is 399 g/mol. The molecule has 0 spiro atoms. The molecule has 1 atom stereocenters. The number of nitrogens with zero attached hydrogens (tertiary/aromatic N) is 3. The van der Waals surface area contributed by atoms with Gasteiger partial charge in [-0.05, 0) is 37.5 Å². The molecular formula is C15H13BrClN3OS. The normalized spacial score (nSPS) is 18.9. The minimum absolute atomic E-state index is 0.00886. The smallest absolute Gasteiger partial charge is 0.184 e. The lowest BCUT2D eigenvalue weighted by Crippen LogP contribution is -2.19. The van der Waals surface area contributed by atoms with Crippen molar-refractivity contribution in [2.24, 2.45) is 0 Å². The molecule has 1 saturated heterocycles. The summed E-state index contributed by atoms with van der Waals surface area (Å²) in [6.07, 6.45) is 5.08. The molecule has 0 amide bonds. The van der Waals surface area contributed by atoms with Crippen LogP contribution in [0.25, 0.3) is 21.5 Å². The SMILES string of the molecule is Clc1ncc(-c2nn(C3CCCCO3)c3ccc(Br)cc23)s1. The average Bonchev–Trinajstić information content (AvgIpc) is 3.11. The van der Waals surface area contributed by atoms with E-state index < -0.39 is 0 Å². The highest BCUT2D eigenvalue weighted by molar-refractivity contribution is 9.10. The summed E-state index contributed by atoms with van der Waals surface area (Å²) in [5.41, 5.74) is 1.99. The zero-order valence-corrected chi connectivity index (χ0v) is 14.8. The molecule has 3 aromatic rings. The van der Waals surface area contributed by atoms with Gasteiger partial charge in [0.2, 0.25) is 0 Å². The van der Waals surface area contributed by atoms with E-state index in [1.165, 1.54) is 17.8 Å². The molecule has 1 aliphatic heterocycles. The molecular weight excluding hydrogens is 386 g/mol. The van der Waals surface area contributed by atoms with E-state index in [2.05, 4.69) is 33.0 Å². The third-order valence-electron chi connectivity index (χ3n) is 3.81. The Morgan fingerprint density at radius 2 is 2.27 bits per heavy atom. The highest BCUT2D eigenvalue weighted by Gasteiger charge is 2.22. The van der Waals surface area contributed by atoms with E-state index in [4.69, 9.17) is 21.4 Å². The molecule has 1 fully saturated rings. The molecule has 3 heterocycles. The largest absolute Gasteiger partial charge is 0.356 e. The number of fused-ring (bicyclic) bond motifs is 1. The molecule has 0 bridgehead atoms. The van der Waals surface area contributed by atoms with E-state index in [0.29, 0.717) is 4.47 Å². The van der Waals surface area contributed by atoms with Crippen LogP contribution in [0.4, 0.5) is 0 Å². The van der Waals surface area contributed by atoms with Crippen molar-refractivity contribution in [1.29, 1.82) is 0 Å². The second-order valence-electron chi connectivity index (χ2n) is 5.25. The molecule has 1 unspecified atom stereocenters. The monoisotopic (exact) mass is 397 g/mol. The quantitative estimate of drug-likeness (QED) is 0.590. The Morgan fingerprint density at radius 3 is 3.00 bits per heavy atom. The van der Waals surface area contributed by atoms with E-state index in [1.54, 1.807) is 6.20 Å². The Hall–Kier alpha value is -0.950. The summed E-state index contributed by atoms with van der Waals surface area (Å²) in [5.74, 6) is 0. The van der Waals surface area contributed by atoms with Crippen LogP contribution < -0.4 is 0 Å². The lowest BCUT2D eigenvalue weighted by molar-refractivity contribution is -0.0365. The molecule has 1 aliphatic rings. The van der Waals surface area contributed by atoms with Crippen LogP contribution in [0.3, 0.4) is 0 Å². The van der Waals surface area contributed by atoms with Crippen molar-refractivity contribution in [3.05, 3.63) is 33.3 Å². The topological polar surface area (TPSA) is 39.9 Å². The molecule has 22 heavy (non-hydrogen) atoms. The first-order valence-electron chi connectivity index (χ1n) is 7.13. The van der Waals surface area contributed by atoms with Gasteiger partial charge in [0.25, 0.3) is 0 Å². The molecule has 0 N–H and O–H groups in total. The predicted octanol–water partition coefficient (Wildman–Crippen LogP) is 5.27. The van der Waals surface area contributed by atoms with Gasteiger partial charge in [0.1, 0.15) is 5.69 Å². The van der Waals surface area contributed by atoms with Crippen LogP contribution in [0.2, 0.25) is 4.47 Å². The van der Waals surface area contributed by atoms with E-state index in [-0.39, 0.29) is 6.23 Å². The summed E-state index contributed by atoms with van der Waals surface area (Å²) in [6.45, 7) is 0.796. The summed E-state index contributed by atoms with van der Waals surface area (Å²) in [4.78, 5) is 5.11. The molecule has 0 radical (unpaired) electrons. The zero-order chi connectivity index (χ0) is 15.1. The summed E-state index contributed by atoms with van der Waals surface area (Å²) < 4.78 is 9.47. The Morgan fingerprint density at radius 1 is 1.36 bits per heavy atom. The number of rotatable bonds is 2. The van der Waals surface area contributed by atoms with Crippen molar-refractivity contribution in [2.45, 2.75) is 25.5 Å². The van der Waals surface area contributed by atoms with Crippen molar-refractivity contribution in [3.63, 3.8) is 0 Å².